The van der Waals surface area contributed by atoms with Crippen LogP contribution in [0.2, 0.25) is 0 Å². The van der Waals surface area contributed by atoms with Gasteiger partial charge >= 0.3 is 0 Å². The Morgan fingerprint density at radius 1 is 1.38 bits per heavy atom. The van der Waals surface area contributed by atoms with Crippen LogP contribution in [-0.2, 0) is 12.8 Å². The van der Waals surface area contributed by atoms with Crippen molar-refractivity contribution in [2.75, 3.05) is 0 Å². The lowest BCUT2D eigenvalue weighted by Gasteiger charge is -2.13. The van der Waals surface area contributed by atoms with Gasteiger partial charge in [0.05, 0.1) is 11.3 Å². The largest absolute Gasteiger partial charge is 0.409 e. The monoisotopic (exact) mass is 323 g/mol. The Bertz CT molecular complexity index is 669. The molecule has 0 aliphatic carbocycles. The van der Waals surface area contributed by atoms with E-state index < -0.39 is 0 Å². The summed E-state index contributed by atoms with van der Waals surface area (Å²) in [6, 6.07) is 0. The molecule has 0 aliphatic rings. The summed E-state index contributed by atoms with van der Waals surface area (Å²) < 4.78 is 0.861. The third-order valence-electron chi connectivity index (χ3n) is 2.96. The molecule has 0 radical (unpaired) electrons. The first-order valence-corrected chi connectivity index (χ1v) is 8.26. The minimum absolute atomic E-state index is 0.0622. The minimum atomic E-state index is 0.0622. The molecule has 0 spiro atoms. The van der Waals surface area contributed by atoms with Gasteiger partial charge in [-0.15, -0.1) is 16.4 Å². The van der Waals surface area contributed by atoms with E-state index in [-0.39, 0.29) is 5.84 Å². The van der Waals surface area contributed by atoms with E-state index in [1.165, 1.54) is 23.1 Å². The lowest BCUT2D eigenvalue weighted by atomic mass is 10.0. The molecule has 0 fully saturated rings. The van der Waals surface area contributed by atoms with Gasteiger partial charge in [-0.25, -0.2) is 4.98 Å². The first kappa shape index (κ1) is 15.7. The molecule has 112 valence electrons. The van der Waals surface area contributed by atoms with Gasteiger partial charge in [0.15, 0.2) is 10.2 Å². The number of aryl methyl sites for hydroxylation is 2. The Hall–Kier alpha value is -1.67. The first-order chi connectivity index (χ1) is 10.1. The lowest BCUT2D eigenvalue weighted by Crippen LogP contribution is -2.20. The summed E-state index contributed by atoms with van der Waals surface area (Å²) in [4.78, 5) is 4.40. The van der Waals surface area contributed by atoms with E-state index in [1.807, 2.05) is 26.2 Å². The van der Waals surface area contributed by atoms with E-state index >= 15 is 0 Å². The van der Waals surface area contributed by atoms with Crippen molar-refractivity contribution in [2.24, 2.45) is 10.9 Å². The Kier molecular flexibility index (Phi) is 5.13. The average molecular weight is 323 g/mol. The zero-order valence-electron chi connectivity index (χ0n) is 12.1. The predicted molar refractivity (Wildman–Crippen MR) is 84.3 cm³/mol. The molecule has 2 aromatic heterocycles. The van der Waals surface area contributed by atoms with Crippen molar-refractivity contribution >= 4 is 28.9 Å². The summed E-state index contributed by atoms with van der Waals surface area (Å²) in [5.74, 6) is 0.0622. The van der Waals surface area contributed by atoms with Crippen LogP contribution in [0.5, 0.6) is 0 Å². The van der Waals surface area contributed by atoms with Gasteiger partial charge in [0.2, 0.25) is 0 Å². The van der Waals surface area contributed by atoms with E-state index in [4.69, 9.17) is 10.9 Å². The molecule has 2 aromatic rings. The van der Waals surface area contributed by atoms with Gasteiger partial charge < -0.3 is 10.9 Å². The van der Waals surface area contributed by atoms with Crippen LogP contribution in [0.1, 0.15) is 36.4 Å². The van der Waals surface area contributed by atoms with E-state index in [0.29, 0.717) is 10.6 Å². The maximum atomic E-state index is 9.06. The summed E-state index contributed by atoms with van der Waals surface area (Å²) >= 11 is 2.93. The zero-order chi connectivity index (χ0) is 15.4. The van der Waals surface area contributed by atoms with Crippen molar-refractivity contribution in [1.29, 1.82) is 0 Å². The van der Waals surface area contributed by atoms with Crippen molar-refractivity contribution in [1.82, 2.24) is 15.2 Å². The molecule has 0 aromatic carbocycles. The third-order valence-corrected chi connectivity index (χ3v) is 5.00. The standard InChI is InChI=1S/C13H17N5OS2/c1-4-8-9(5-2)16-17-12(10(8)11(14)18-19)21-13-15-7(3)6-20-13/h6,19H,4-5H2,1-3H3,(H2,14,18). The number of aromatic nitrogens is 3. The second kappa shape index (κ2) is 6.86. The number of nitrogens with zero attached hydrogens (tertiary/aromatic N) is 4. The van der Waals surface area contributed by atoms with Crippen molar-refractivity contribution in [3.8, 4) is 0 Å². The average Bonchev–Trinajstić information content (AvgIpc) is 2.90. The first-order valence-electron chi connectivity index (χ1n) is 6.56. The number of thiazole rings is 1. The number of amidine groups is 1. The molecule has 0 unspecified atom stereocenters. The summed E-state index contributed by atoms with van der Waals surface area (Å²) in [6.45, 7) is 5.97. The molecule has 8 heteroatoms. The number of hydrogen-bond acceptors (Lipinski definition) is 7. The van der Waals surface area contributed by atoms with Crippen molar-refractivity contribution in [3.05, 3.63) is 27.9 Å². The number of nitrogens with two attached hydrogens (primary N) is 1. The Labute approximate surface area is 131 Å². The second-order valence-corrected chi connectivity index (χ2v) is 6.45. The maximum Gasteiger partial charge on any atom is 0.173 e. The molecular formula is C13H17N5OS2. The molecule has 21 heavy (non-hydrogen) atoms. The Balaban J connectivity index is 2.54. The van der Waals surface area contributed by atoms with Gasteiger partial charge in [0.25, 0.3) is 0 Å². The zero-order valence-corrected chi connectivity index (χ0v) is 13.8. The molecule has 0 atom stereocenters. The van der Waals surface area contributed by atoms with Crippen LogP contribution in [0.3, 0.4) is 0 Å². The minimum Gasteiger partial charge on any atom is -0.409 e. The van der Waals surface area contributed by atoms with Crippen molar-refractivity contribution < 1.29 is 5.21 Å². The van der Waals surface area contributed by atoms with Gasteiger partial charge in [0, 0.05) is 11.1 Å². The summed E-state index contributed by atoms with van der Waals surface area (Å²) in [7, 11) is 0. The lowest BCUT2D eigenvalue weighted by molar-refractivity contribution is 0.318. The highest BCUT2D eigenvalue weighted by Gasteiger charge is 2.19. The van der Waals surface area contributed by atoms with Gasteiger partial charge in [-0.3, -0.25) is 0 Å². The molecule has 0 amide bonds. The number of rotatable bonds is 5. The molecule has 6 nitrogen and oxygen atoms in total. The smallest absolute Gasteiger partial charge is 0.173 e. The normalized spacial score (nSPS) is 11.9. The fraction of sp³-hybridized carbons (Fsp3) is 0.385. The summed E-state index contributed by atoms with van der Waals surface area (Å²) in [5.41, 5.74) is 9.32. The highest BCUT2D eigenvalue weighted by Crippen LogP contribution is 2.33. The molecule has 0 aliphatic heterocycles. The van der Waals surface area contributed by atoms with E-state index in [9.17, 15) is 0 Å². The fourth-order valence-corrected chi connectivity index (χ4v) is 3.86. The van der Waals surface area contributed by atoms with E-state index in [1.54, 1.807) is 0 Å². The molecule has 3 N–H and O–H groups in total. The van der Waals surface area contributed by atoms with Crippen LogP contribution in [-0.4, -0.2) is 26.2 Å². The van der Waals surface area contributed by atoms with Crippen LogP contribution < -0.4 is 5.73 Å². The van der Waals surface area contributed by atoms with E-state index in [2.05, 4.69) is 20.3 Å². The van der Waals surface area contributed by atoms with Crippen LogP contribution in [0.15, 0.2) is 19.9 Å². The van der Waals surface area contributed by atoms with Gasteiger partial charge in [0.1, 0.15) is 5.03 Å². The molecule has 0 saturated heterocycles. The fourth-order valence-electron chi connectivity index (χ4n) is 2.00. The predicted octanol–water partition coefficient (Wildman–Crippen LogP) is 2.61. The molecule has 0 bridgehead atoms. The van der Waals surface area contributed by atoms with Gasteiger partial charge in [-0.05, 0) is 37.1 Å². The van der Waals surface area contributed by atoms with Crippen LogP contribution in [0, 0.1) is 6.92 Å². The van der Waals surface area contributed by atoms with Crippen molar-refractivity contribution in [3.63, 3.8) is 0 Å². The molecular weight excluding hydrogens is 306 g/mol. The summed E-state index contributed by atoms with van der Waals surface area (Å²) in [6.07, 6.45) is 1.50. The SMILES string of the molecule is CCc1nnc(Sc2nc(C)cs2)c(C(N)=NO)c1CC. The van der Waals surface area contributed by atoms with E-state index in [0.717, 1.165) is 34.1 Å². The highest BCUT2D eigenvalue weighted by atomic mass is 32.2. The van der Waals surface area contributed by atoms with Crippen molar-refractivity contribution in [2.45, 2.75) is 43.0 Å². The van der Waals surface area contributed by atoms with Crippen LogP contribution in [0.25, 0.3) is 0 Å². The topological polar surface area (TPSA) is 97.3 Å². The maximum absolute atomic E-state index is 9.06. The van der Waals surface area contributed by atoms with Crippen LogP contribution in [0.4, 0.5) is 0 Å². The Morgan fingerprint density at radius 3 is 2.67 bits per heavy atom. The quantitative estimate of drug-likeness (QED) is 0.380. The Morgan fingerprint density at radius 2 is 2.14 bits per heavy atom. The molecule has 2 rings (SSSR count). The molecule has 0 saturated carbocycles. The third kappa shape index (κ3) is 3.33. The number of hydrogen-bond donors (Lipinski definition) is 2. The summed E-state index contributed by atoms with van der Waals surface area (Å²) in [5, 5.41) is 23.3. The molecule has 2 heterocycles. The highest BCUT2D eigenvalue weighted by molar-refractivity contribution is 8.01. The van der Waals surface area contributed by atoms with Gasteiger partial charge in [-0.2, -0.15) is 5.10 Å². The second-order valence-electron chi connectivity index (χ2n) is 4.35. The van der Waals surface area contributed by atoms with Crippen LogP contribution >= 0.6 is 23.1 Å². The number of oxime groups is 1. The van der Waals surface area contributed by atoms with Gasteiger partial charge in [-0.1, -0.05) is 19.0 Å².